The molecule has 4 nitrogen and oxygen atoms in total. The first-order valence-electron chi connectivity index (χ1n) is 1.91. The maximum absolute atomic E-state index is 9.94. The summed E-state index contributed by atoms with van der Waals surface area (Å²) in [5.41, 5.74) is 4.69. The van der Waals surface area contributed by atoms with E-state index >= 15 is 0 Å². The normalized spacial score (nSPS) is 17.2. The minimum Gasteiger partial charge on any atom is -0.400 e. The molecule has 2 atom stereocenters. The molecule has 5 heteroatoms. The first-order chi connectivity index (χ1) is 3.55. The largest absolute Gasteiger partial charge is 0.400 e. The molecule has 0 rings (SSSR count). The quantitative estimate of drug-likeness (QED) is 0.437. The minimum atomic E-state index is -2.93. The molecule has 2 unspecified atom stereocenters. The van der Waals surface area contributed by atoms with E-state index in [-0.39, 0.29) is 5.70 Å². The lowest BCUT2D eigenvalue weighted by atomic mass is 10.6. The third-order valence-electron chi connectivity index (χ3n) is 0.585. The molecular weight excluding hydrogens is 129 g/mol. The van der Waals surface area contributed by atoms with Crippen molar-refractivity contribution in [3.63, 3.8) is 0 Å². The molecule has 8 heavy (non-hydrogen) atoms. The van der Waals surface area contributed by atoms with E-state index in [0.29, 0.717) is 0 Å². The fraction of sp³-hybridized carbons (Fsp3) is 0.333. The molecule has 0 aromatic carbocycles. The topological polar surface area (TPSA) is 83.5 Å². The zero-order valence-corrected chi connectivity index (χ0v) is 5.16. The van der Waals surface area contributed by atoms with Crippen molar-refractivity contribution in [2.75, 3.05) is 0 Å². The van der Waals surface area contributed by atoms with E-state index in [1.807, 2.05) is 0 Å². The van der Waals surface area contributed by atoms with E-state index in [4.69, 9.17) is 15.7 Å². The Kier molecular flexibility index (Phi) is 2.76. The lowest BCUT2D eigenvalue weighted by molar-refractivity contribution is 0.269. The summed E-state index contributed by atoms with van der Waals surface area (Å²) in [6.45, 7) is 3.07. The monoisotopic (exact) mass is 137 g/mol. The number of aliphatic hydroxyl groups is 1. The van der Waals surface area contributed by atoms with E-state index in [2.05, 4.69) is 6.58 Å². The van der Waals surface area contributed by atoms with Gasteiger partial charge >= 0.3 is 0 Å². The second-order valence-corrected chi connectivity index (χ2v) is 2.54. The summed E-state index contributed by atoms with van der Waals surface area (Å²) in [6, 6.07) is 0. The maximum atomic E-state index is 9.94. The highest BCUT2D eigenvalue weighted by Gasteiger charge is 2.09. The van der Waals surface area contributed by atoms with Gasteiger partial charge in [0.25, 0.3) is 0 Å². The van der Waals surface area contributed by atoms with Gasteiger partial charge in [-0.05, 0) is 0 Å². The van der Waals surface area contributed by atoms with Crippen LogP contribution in [0.15, 0.2) is 12.3 Å². The Morgan fingerprint density at radius 1 is 1.88 bits per heavy atom. The van der Waals surface area contributed by atoms with Crippen LogP contribution in [0.3, 0.4) is 0 Å². The van der Waals surface area contributed by atoms with Crippen molar-refractivity contribution in [1.82, 2.24) is 0 Å². The van der Waals surface area contributed by atoms with Crippen LogP contribution in [-0.2, 0) is 4.57 Å². The molecule has 0 fully saturated rings. The molecule has 0 spiro atoms. The smallest absolute Gasteiger partial charge is 0.222 e. The second kappa shape index (κ2) is 2.87. The van der Waals surface area contributed by atoms with Crippen LogP contribution in [0.2, 0.25) is 0 Å². The maximum Gasteiger partial charge on any atom is 0.222 e. The average molecular weight is 137 g/mol. The van der Waals surface area contributed by atoms with Gasteiger partial charge in [0.05, 0.1) is 0 Å². The number of hydrogen-bond acceptors (Lipinski definition) is 3. The summed E-state index contributed by atoms with van der Waals surface area (Å²) in [7, 11) is -2.93. The highest BCUT2D eigenvalue weighted by molar-refractivity contribution is 7.38. The molecule has 4 N–H and O–H groups in total. The van der Waals surface area contributed by atoms with Crippen molar-refractivity contribution < 1.29 is 14.6 Å². The van der Waals surface area contributed by atoms with Gasteiger partial charge < -0.3 is 15.7 Å². The van der Waals surface area contributed by atoms with Crippen LogP contribution in [0.1, 0.15) is 0 Å². The summed E-state index contributed by atoms with van der Waals surface area (Å²) >= 11 is 0. The lowest BCUT2D eigenvalue weighted by Crippen LogP contribution is -2.11. The van der Waals surface area contributed by atoms with Crippen molar-refractivity contribution in [2.45, 2.75) is 5.85 Å². The Labute approximate surface area is 47.5 Å². The predicted molar refractivity (Wildman–Crippen MR) is 30.6 cm³/mol. The van der Waals surface area contributed by atoms with E-state index in [9.17, 15) is 4.57 Å². The lowest BCUT2D eigenvalue weighted by Gasteiger charge is -2.02. The Morgan fingerprint density at radius 2 is 2.25 bits per heavy atom. The van der Waals surface area contributed by atoms with Gasteiger partial charge in [0, 0.05) is 5.70 Å². The SMILES string of the molecule is C=C(N)C(O)[PH](=O)O. The highest BCUT2D eigenvalue weighted by atomic mass is 31.1. The predicted octanol–water partition coefficient (Wildman–Crippen LogP) is -0.756. The molecule has 0 amide bonds. The van der Waals surface area contributed by atoms with Crippen molar-refractivity contribution in [3.8, 4) is 0 Å². The molecule has 0 bridgehead atoms. The Balaban J connectivity index is 3.83. The number of aliphatic hydroxyl groups excluding tert-OH is 1. The Bertz CT molecular complexity index is 110. The van der Waals surface area contributed by atoms with E-state index in [1.165, 1.54) is 0 Å². The van der Waals surface area contributed by atoms with Gasteiger partial charge in [-0.2, -0.15) is 0 Å². The van der Waals surface area contributed by atoms with Crippen molar-refractivity contribution >= 4 is 8.03 Å². The molecule has 0 heterocycles. The first kappa shape index (κ1) is 7.69. The van der Waals surface area contributed by atoms with Gasteiger partial charge in [0.2, 0.25) is 8.03 Å². The summed E-state index contributed by atoms with van der Waals surface area (Å²) in [6.07, 6.45) is 0. The molecule has 0 saturated carbocycles. The zero-order chi connectivity index (χ0) is 6.73. The van der Waals surface area contributed by atoms with Crippen LogP contribution in [0.25, 0.3) is 0 Å². The standard InChI is InChI=1S/C3H8NO3P/c1-2(4)3(5)8(6)7/h3,5,8H,1,4H2,(H,6,7). The second-order valence-electron chi connectivity index (χ2n) is 1.32. The van der Waals surface area contributed by atoms with Gasteiger partial charge in [0.15, 0.2) is 5.85 Å². The number of hydrogen-bond donors (Lipinski definition) is 3. The molecule has 0 aromatic rings. The molecular formula is C3H8NO3P. The highest BCUT2D eigenvalue weighted by Crippen LogP contribution is 2.22. The van der Waals surface area contributed by atoms with Gasteiger partial charge in [0.1, 0.15) is 0 Å². The van der Waals surface area contributed by atoms with E-state index in [0.717, 1.165) is 0 Å². The van der Waals surface area contributed by atoms with Gasteiger partial charge in [-0.1, -0.05) is 6.58 Å². The summed E-state index contributed by atoms with van der Waals surface area (Å²) in [4.78, 5) is 8.15. The van der Waals surface area contributed by atoms with Gasteiger partial charge in [-0.25, -0.2) is 0 Å². The molecule has 0 aliphatic rings. The van der Waals surface area contributed by atoms with Crippen LogP contribution in [0.4, 0.5) is 0 Å². The average Bonchev–Trinajstić information content (AvgIpc) is 1.64. The van der Waals surface area contributed by atoms with Crippen LogP contribution in [0, 0.1) is 0 Å². The third kappa shape index (κ3) is 2.12. The molecule has 0 radical (unpaired) electrons. The molecule has 0 aromatic heterocycles. The zero-order valence-electron chi connectivity index (χ0n) is 4.16. The van der Waals surface area contributed by atoms with Crippen LogP contribution in [-0.4, -0.2) is 15.8 Å². The molecule has 0 saturated heterocycles. The summed E-state index contributed by atoms with van der Waals surface area (Å²) < 4.78 is 9.94. The third-order valence-corrected chi connectivity index (χ3v) is 1.42. The molecule has 48 valence electrons. The molecule has 0 aliphatic carbocycles. The van der Waals surface area contributed by atoms with Crippen molar-refractivity contribution in [2.24, 2.45) is 5.73 Å². The van der Waals surface area contributed by atoms with Crippen LogP contribution >= 0.6 is 8.03 Å². The Morgan fingerprint density at radius 3 is 2.25 bits per heavy atom. The summed E-state index contributed by atoms with van der Waals surface area (Å²) in [5, 5.41) is 8.46. The fourth-order valence-corrected chi connectivity index (χ4v) is 0.476. The Hall–Kier alpha value is -0.310. The van der Waals surface area contributed by atoms with Gasteiger partial charge in [-0.15, -0.1) is 0 Å². The van der Waals surface area contributed by atoms with Gasteiger partial charge in [-0.3, -0.25) is 4.57 Å². The minimum absolute atomic E-state index is 0.170. The van der Waals surface area contributed by atoms with Crippen molar-refractivity contribution in [3.05, 3.63) is 12.3 Å². The first-order valence-corrected chi connectivity index (χ1v) is 3.34. The fourth-order valence-electron chi connectivity index (χ4n) is 0.159. The summed E-state index contributed by atoms with van der Waals surface area (Å²) in [5.74, 6) is -1.44. The number of nitrogens with two attached hydrogens (primary N) is 1. The van der Waals surface area contributed by atoms with Crippen molar-refractivity contribution in [1.29, 1.82) is 0 Å². The van der Waals surface area contributed by atoms with Crippen LogP contribution < -0.4 is 5.73 Å². The number of rotatable bonds is 2. The molecule has 0 aliphatic heterocycles. The van der Waals surface area contributed by atoms with E-state index in [1.54, 1.807) is 0 Å². The van der Waals surface area contributed by atoms with E-state index < -0.39 is 13.9 Å². The van der Waals surface area contributed by atoms with Crippen LogP contribution in [0.5, 0.6) is 0 Å².